The Balaban J connectivity index is 1.60. The van der Waals surface area contributed by atoms with Crippen molar-refractivity contribution in [2.45, 2.75) is 24.2 Å². The van der Waals surface area contributed by atoms with Gasteiger partial charge in [0.15, 0.2) is 0 Å². The van der Waals surface area contributed by atoms with E-state index in [4.69, 9.17) is 0 Å². The number of hydrogen-bond acceptors (Lipinski definition) is 4. The zero-order chi connectivity index (χ0) is 20.1. The van der Waals surface area contributed by atoms with Crippen LogP contribution in [0.25, 0.3) is 0 Å². The minimum Gasteiger partial charge on any atom is -0.328 e. The second kappa shape index (κ2) is 6.25. The maximum Gasteiger partial charge on any atom is 0.416 e. The van der Waals surface area contributed by atoms with Gasteiger partial charge in [0.1, 0.15) is 12.7 Å². The summed E-state index contributed by atoms with van der Waals surface area (Å²) in [5, 5.41) is 2.42. The third-order valence-corrected chi connectivity index (χ3v) is 5.01. The van der Waals surface area contributed by atoms with E-state index in [0.29, 0.717) is 0 Å². The Bertz CT molecular complexity index is 950. The van der Waals surface area contributed by atoms with E-state index in [1.54, 1.807) is 6.07 Å². The molecule has 1 aromatic carbocycles. The number of rotatable bonds is 3. The lowest BCUT2D eigenvalue weighted by Crippen LogP contribution is -2.47. The van der Waals surface area contributed by atoms with Gasteiger partial charge in [0.25, 0.3) is 5.91 Å². The predicted octanol–water partition coefficient (Wildman–Crippen LogP) is 2.57. The highest BCUT2D eigenvalue weighted by atomic mass is 19.4. The van der Waals surface area contributed by atoms with Gasteiger partial charge in [-0.05, 0) is 36.2 Å². The van der Waals surface area contributed by atoms with Crippen molar-refractivity contribution in [1.29, 1.82) is 0 Å². The minimum atomic E-state index is -4.59. The summed E-state index contributed by atoms with van der Waals surface area (Å²) < 4.78 is 53.3. The van der Waals surface area contributed by atoms with Gasteiger partial charge < -0.3 is 4.90 Å². The van der Waals surface area contributed by atoms with Gasteiger partial charge >= 0.3 is 6.18 Å². The standard InChI is InChI=1S/C18H14F4N4O2/c19-13-7-17(13)9-26(8-14(27)25-16-23-4-1-5-24-16)15(28)11-3-2-10(6-12(11)17)18(20,21)22/h1-6,13H,7-9H2,(H,23,24,25,27)/t13-,17-/m0/s1. The molecule has 1 aromatic heterocycles. The number of amides is 2. The summed E-state index contributed by atoms with van der Waals surface area (Å²) in [5.41, 5.74) is -2.08. The van der Waals surface area contributed by atoms with Crippen molar-refractivity contribution in [2.75, 3.05) is 18.4 Å². The van der Waals surface area contributed by atoms with Crippen LogP contribution in [0.2, 0.25) is 0 Å². The molecule has 146 valence electrons. The molecule has 2 aromatic rings. The second-order valence-electron chi connectivity index (χ2n) is 6.87. The Hall–Kier alpha value is -3.04. The van der Waals surface area contributed by atoms with Crippen molar-refractivity contribution in [3.8, 4) is 0 Å². The first kappa shape index (κ1) is 18.3. The predicted molar refractivity (Wildman–Crippen MR) is 89.2 cm³/mol. The molecule has 0 radical (unpaired) electrons. The number of nitrogens with zero attached hydrogens (tertiary/aromatic N) is 3. The number of hydrogen-bond donors (Lipinski definition) is 1. The molecule has 1 spiro atoms. The fraction of sp³-hybridized carbons (Fsp3) is 0.333. The van der Waals surface area contributed by atoms with E-state index in [1.807, 2.05) is 0 Å². The average Bonchev–Trinajstić information content (AvgIpc) is 3.29. The van der Waals surface area contributed by atoms with Gasteiger partial charge in [0.05, 0.1) is 5.56 Å². The largest absolute Gasteiger partial charge is 0.416 e. The van der Waals surface area contributed by atoms with Crippen molar-refractivity contribution in [3.63, 3.8) is 0 Å². The van der Waals surface area contributed by atoms with E-state index >= 15 is 0 Å². The SMILES string of the molecule is O=C(CN1C[C@@]2(C[C@@H]2F)c2cc(C(F)(F)F)ccc2C1=O)Nc1ncccn1. The maximum absolute atomic E-state index is 14.2. The summed E-state index contributed by atoms with van der Waals surface area (Å²) in [5.74, 6) is -1.14. The van der Waals surface area contributed by atoms with Crippen molar-refractivity contribution < 1.29 is 27.2 Å². The molecule has 4 rings (SSSR count). The zero-order valence-corrected chi connectivity index (χ0v) is 14.3. The fourth-order valence-electron chi connectivity index (χ4n) is 3.52. The van der Waals surface area contributed by atoms with Gasteiger partial charge in [-0.25, -0.2) is 14.4 Å². The number of carbonyl (C=O) groups is 2. The number of halogens is 4. The van der Waals surface area contributed by atoms with Gasteiger partial charge in [0, 0.05) is 29.9 Å². The molecule has 1 N–H and O–H groups in total. The van der Waals surface area contributed by atoms with E-state index < -0.39 is 35.1 Å². The van der Waals surface area contributed by atoms with Crippen LogP contribution < -0.4 is 5.32 Å². The number of anilines is 1. The lowest BCUT2D eigenvalue weighted by atomic mass is 9.85. The first-order chi connectivity index (χ1) is 13.2. The van der Waals surface area contributed by atoms with Crippen LogP contribution in [-0.4, -0.2) is 45.9 Å². The summed E-state index contributed by atoms with van der Waals surface area (Å²) in [7, 11) is 0. The maximum atomic E-state index is 14.2. The Morgan fingerprint density at radius 3 is 2.57 bits per heavy atom. The smallest absolute Gasteiger partial charge is 0.328 e. The van der Waals surface area contributed by atoms with E-state index in [-0.39, 0.29) is 36.6 Å². The number of aromatic nitrogens is 2. The lowest BCUT2D eigenvalue weighted by Gasteiger charge is -2.34. The Morgan fingerprint density at radius 1 is 1.29 bits per heavy atom. The molecular formula is C18H14F4N4O2. The van der Waals surface area contributed by atoms with Crippen molar-refractivity contribution in [3.05, 3.63) is 53.3 Å². The molecule has 1 aliphatic heterocycles. The van der Waals surface area contributed by atoms with Crippen molar-refractivity contribution in [2.24, 2.45) is 0 Å². The summed E-state index contributed by atoms with van der Waals surface area (Å²) in [6.07, 6.45) is -3.10. The van der Waals surface area contributed by atoms with Crippen LogP contribution in [0.15, 0.2) is 36.7 Å². The summed E-state index contributed by atoms with van der Waals surface area (Å²) >= 11 is 0. The third kappa shape index (κ3) is 3.08. The molecule has 1 fully saturated rings. The number of benzene rings is 1. The highest BCUT2D eigenvalue weighted by molar-refractivity contribution is 6.01. The molecule has 1 aliphatic carbocycles. The van der Waals surface area contributed by atoms with E-state index in [0.717, 1.165) is 23.1 Å². The average molecular weight is 394 g/mol. The van der Waals surface area contributed by atoms with Crippen molar-refractivity contribution in [1.82, 2.24) is 14.9 Å². The molecule has 2 aliphatic rings. The van der Waals surface area contributed by atoms with Crippen molar-refractivity contribution >= 4 is 17.8 Å². The molecule has 10 heteroatoms. The zero-order valence-electron chi connectivity index (χ0n) is 14.3. The van der Waals surface area contributed by atoms with Crippen LogP contribution in [0.3, 0.4) is 0 Å². The van der Waals surface area contributed by atoms with Crippen LogP contribution in [0, 0.1) is 0 Å². The lowest BCUT2D eigenvalue weighted by molar-refractivity contribution is -0.137. The van der Waals surface area contributed by atoms with E-state index in [1.165, 1.54) is 12.4 Å². The Labute approximate surface area is 156 Å². The summed E-state index contributed by atoms with van der Waals surface area (Å²) in [4.78, 5) is 33.7. The molecule has 1 saturated carbocycles. The van der Waals surface area contributed by atoms with Gasteiger partial charge in [-0.15, -0.1) is 0 Å². The van der Waals surface area contributed by atoms with Gasteiger partial charge in [0.2, 0.25) is 11.9 Å². The fourth-order valence-corrected chi connectivity index (χ4v) is 3.52. The van der Waals surface area contributed by atoms with E-state index in [2.05, 4.69) is 15.3 Å². The molecule has 28 heavy (non-hydrogen) atoms. The molecule has 0 unspecified atom stereocenters. The molecule has 0 saturated heterocycles. The quantitative estimate of drug-likeness (QED) is 0.812. The number of nitrogens with one attached hydrogen (secondary N) is 1. The Morgan fingerprint density at radius 2 is 1.96 bits per heavy atom. The monoisotopic (exact) mass is 394 g/mol. The van der Waals surface area contributed by atoms with Crippen LogP contribution in [0.5, 0.6) is 0 Å². The van der Waals surface area contributed by atoms with E-state index in [9.17, 15) is 27.2 Å². The van der Waals surface area contributed by atoms with Crippen LogP contribution in [0.1, 0.15) is 27.9 Å². The highest BCUT2D eigenvalue weighted by Crippen LogP contribution is 2.55. The normalized spacial score (nSPS) is 23.5. The molecular weight excluding hydrogens is 380 g/mol. The van der Waals surface area contributed by atoms with Crippen LogP contribution in [0.4, 0.5) is 23.5 Å². The van der Waals surface area contributed by atoms with Crippen LogP contribution in [-0.2, 0) is 16.4 Å². The van der Waals surface area contributed by atoms with Gasteiger partial charge in [-0.2, -0.15) is 13.2 Å². The number of carbonyl (C=O) groups excluding carboxylic acids is 2. The van der Waals surface area contributed by atoms with Gasteiger partial charge in [-0.3, -0.25) is 14.9 Å². The topological polar surface area (TPSA) is 75.2 Å². The van der Waals surface area contributed by atoms with Crippen LogP contribution >= 0.6 is 0 Å². The third-order valence-electron chi connectivity index (χ3n) is 5.01. The first-order valence-corrected chi connectivity index (χ1v) is 8.43. The second-order valence-corrected chi connectivity index (χ2v) is 6.87. The molecule has 2 amide bonds. The summed E-state index contributed by atoms with van der Waals surface area (Å²) in [6, 6.07) is 4.26. The Kier molecular flexibility index (Phi) is 4.09. The van der Waals surface area contributed by atoms with Gasteiger partial charge in [-0.1, -0.05) is 0 Å². The molecule has 6 nitrogen and oxygen atoms in total. The molecule has 2 atom stereocenters. The summed E-state index contributed by atoms with van der Waals surface area (Å²) in [6.45, 7) is -0.545. The highest BCUT2D eigenvalue weighted by Gasteiger charge is 2.61. The number of alkyl halides is 4. The first-order valence-electron chi connectivity index (χ1n) is 8.43. The molecule has 2 heterocycles. The number of fused-ring (bicyclic) bond motifs is 2. The minimum absolute atomic E-state index is 0.00844. The molecule has 0 bridgehead atoms.